The quantitative estimate of drug-likeness (QED) is 0.911. The van der Waals surface area contributed by atoms with Crippen molar-refractivity contribution in [3.05, 3.63) is 24.5 Å². The summed E-state index contributed by atoms with van der Waals surface area (Å²) in [6.45, 7) is 2.45. The Labute approximate surface area is 136 Å². The standard InChI is InChI=1S/C17H24N4O2/c22-16(14-5-2-1-3-6-14)20-9-11-21(12-10-20)17(23)19-15-7-4-8-18-13-15/h4,7-8,13-14H,1-3,5-6,9-12H2,(H,19,23). The van der Waals surface area contributed by atoms with Crippen molar-refractivity contribution in [3.8, 4) is 0 Å². The summed E-state index contributed by atoms with van der Waals surface area (Å²) in [5.74, 6) is 0.497. The van der Waals surface area contributed by atoms with E-state index >= 15 is 0 Å². The van der Waals surface area contributed by atoms with Gasteiger partial charge < -0.3 is 15.1 Å². The Balaban J connectivity index is 1.48. The lowest BCUT2D eigenvalue weighted by Gasteiger charge is -2.37. The van der Waals surface area contributed by atoms with Crippen molar-refractivity contribution in [2.75, 3.05) is 31.5 Å². The van der Waals surface area contributed by atoms with Crippen molar-refractivity contribution in [1.82, 2.24) is 14.8 Å². The highest BCUT2D eigenvalue weighted by molar-refractivity contribution is 5.89. The molecule has 2 aliphatic rings. The lowest BCUT2D eigenvalue weighted by Crippen LogP contribution is -2.53. The van der Waals surface area contributed by atoms with Gasteiger partial charge in [-0.1, -0.05) is 19.3 Å². The summed E-state index contributed by atoms with van der Waals surface area (Å²) in [5, 5.41) is 2.84. The SMILES string of the molecule is O=C(Nc1cccnc1)N1CCN(C(=O)C2CCCCC2)CC1. The number of nitrogens with zero attached hydrogens (tertiary/aromatic N) is 3. The molecule has 1 aromatic heterocycles. The van der Waals surface area contributed by atoms with Gasteiger partial charge in [0.15, 0.2) is 0 Å². The second-order valence-electron chi connectivity index (χ2n) is 6.32. The number of pyridine rings is 1. The summed E-state index contributed by atoms with van der Waals surface area (Å²) in [6, 6.07) is 3.48. The van der Waals surface area contributed by atoms with Gasteiger partial charge in [-0.15, -0.1) is 0 Å². The van der Waals surface area contributed by atoms with Crippen molar-refractivity contribution in [2.45, 2.75) is 32.1 Å². The van der Waals surface area contributed by atoms with Gasteiger partial charge in [-0.2, -0.15) is 0 Å². The van der Waals surface area contributed by atoms with Crippen LogP contribution < -0.4 is 5.32 Å². The van der Waals surface area contributed by atoms with Crippen LogP contribution >= 0.6 is 0 Å². The number of hydrogen-bond acceptors (Lipinski definition) is 3. The van der Waals surface area contributed by atoms with Crippen molar-refractivity contribution in [3.63, 3.8) is 0 Å². The highest BCUT2D eigenvalue weighted by atomic mass is 16.2. The third-order valence-corrected chi connectivity index (χ3v) is 4.75. The van der Waals surface area contributed by atoms with Gasteiger partial charge in [-0.25, -0.2) is 4.79 Å². The molecule has 1 aromatic rings. The zero-order valence-corrected chi connectivity index (χ0v) is 13.4. The maximum Gasteiger partial charge on any atom is 0.322 e. The number of aromatic nitrogens is 1. The maximum atomic E-state index is 12.5. The zero-order valence-electron chi connectivity index (χ0n) is 13.4. The number of amides is 3. The third-order valence-electron chi connectivity index (χ3n) is 4.75. The molecule has 2 fully saturated rings. The number of nitrogens with one attached hydrogen (secondary N) is 1. The number of carbonyl (C=O) groups excluding carboxylic acids is 2. The minimum Gasteiger partial charge on any atom is -0.339 e. The Morgan fingerprint density at radius 1 is 1.04 bits per heavy atom. The zero-order chi connectivity index (χ0) is 16.1. The smallest absolute Gasteiger partial charge is 0.322 e. The molecule has 0 radical (unpaired) electrons. The Morgan fingerprint density at radius 2 is 1.74 bits per heavy atom. The molecule has 1 saturated carbocycles. The number of piperazine rings is 1. The molecule has 0 spiro atoms. The Kier molecular flexibility index (Phi) is 5.10. The van der Waals surface area contributed by atoms with Crippen molar-refractivity contribution in [1.29, 1.82) is 0 Å². The van der Waals surface area contributed by atoms with Crippen LogP contribution in [0.1, 0.15) is 32.1 Å². The first-order valence-electron chi connectivity index (χ1n) is 8.49. The lowest BCUT2D eigenvalue weighted by molar-refractivity contribution is -0.137. The topological polar surface area (TPSA) is 65.5 Å². The number of hydrogen-bond donors (Lipinski definition) is 1. The highest BCUT2D eigenvalue weighted by Gasteiger charge is 2.29. The first kappa shape index (κ1) is 15.8. The number of carbonyl (C=O) groups is 2. The molecule has 1 aliphatic heterocycles. The molecule has 6 heteroatoms. The minimum absolute atomic E-state index is 0.122. The molecule has 2 heterocycles. The van der Waals surface area contributed by atoms with E-state index in [9.17, 15) is 9.59 Å². The predicted molar refractivity (Wildman–Crippen MR) is 88.0 cm³/mol. The lowest BCUT2D eigenvalue weighted by atomic mass is 9.88. The Morgan fingerprint density at radius 3 is 2.39 bits per heavy atom. The molecule has 6 nitrogen and oxygen atoms in total. The number of urea groups is 1. The molecule has 3 amide bonds. The van der Waals surface area contributed by atoms with E-state index in [1.54, 1.807) is 23.4 Å². The fourth-order valence-electron chi connectivity index (χ4n) is 3.38. The molecule has 1 aliphatic carbocycles. The van der Waals surface area contributed by atoms with Gasteiger partial charge in [0.05, 0.1) is 11.9 Å². The van der Waals surface area contributed by atoms with E-state index in [0.29, 0.717) is 31.9 Å². The highest BCUT2D eigenvalue weighted by Crippen LogP contribution is 2.25. The van der Waals surface area contributed by atoms with Gasteiger partial charge in [-0.3, -0.25) is 9.78 Å². The summed E-state index contributed by atoms with van der Waals surface area (Å²) in [6.07, 6.45) is 8.95. The molecule has 3 rings (SSSR count). The summed E-state index contributed by atoms with van der Waals surface area (Å²) in [7, 11) is 0. The minimum atomic E-state index is -0.122. The summed E-state index contributed by atoms with van der Waals surface area (Å²) < 4.78 is 0. The number of rotatable bonds is 2. The van der Waals surface area contributed by atoms with Crippen LogP contribution in [0.15, 0.2) is 24.5 Å². The number of anilines is 1. The average Bonchev–Trinajstić information content (AvgIpc) is 2.63. The summed E-state index contributed by atoms with van der Waals surface area (Å²) in [4.78, 5) is 32.4. The predicted octanol–water partition coefficient (Wildman–Crippen LogP) is 2.34. The molecule has 0 bridgehead atoms. The molecular weight excluding hydrogens is 292 g/mol. The van der Waals surface area contributed by atoms with E-state index in [4.69, 9.17) is 0 Å². The van der Waals surface area contributed by atoms with E-state index in [1.165, 1.54) is 19.3 Å². The summed E-state index contributed by atoms with van der Waals surface area (Å²) in [5.41, 5.74) is 0.693. The fourth-order valence-corrected chi connectivity index (χ4v) is 3.38. The second-order valence-corrected chi connectivity index (χ2v) is 6.32. The normalized spacial score (nSPS) is 19.5. The van der Waals surface area contributed by atoms with Crippen molar-refractivity contribution < 1.29 is 9.59 Å². The van der Waals surface area contributed by atoms with Crippen LogP contribution in [0.4, 0.5) is 10.5 Å². The second kappa shape index (κ2) is 7.44. The molecule has 1 saturated heterocycles. The molecule has 1 N–H and O–H groups in total. The first-order valence-corrected chi connectivity index (χ1v) is 8.49. The van der Waals surface area contributed by atoms with Gasteiger partial charge in [0.25, 0.3) is 0 Å². The van der Waals surface area contributed by atoms with E-state index < -0.39 is 0 Å². The van der Waals surface area contributed by atoms with Crippen molar-refractivity contribution >= 4 is 17.6 Å². The Hall–Kier alpha value is -2.11. The van der Waals surface area contributed by atoms with E-state index in [2.05, 4.69) is 10.3 Å². The van der Waals surface area contributed by atoms with Crippen LogP contribution in [0, 0.1) is 5.92 Å². The fraction of sp³-hybridized carbons (Fsp3) is 0.588. The van der Waals surface area contributed by atoms with Gasteiger partial charge in [-0.05, 0) is 25.0 Å². The van der Waals surface area contributed by atoms with Gasteiger partial charge in [0.2, 0.25) is 5.91 Å². The van der Waals surface area contributed by atoms with Crippen LogP contribution in [-0.4, -0.2) is 52.9 Å². The summed E-state index contributed by atoms with van der Waals surface area (Å²) >= 11 is 0. The third kappa shape index (κ3) is 4.00. The van der Waals surface area contributed by atoms with Gasteiger partial charge in [0, 0.05) is 38.3 Å². The van der Waals surface area contributed by atoms with Crippen LogP contribution in [0.3, 0.4) is 0 Å². The molecular formula is C17H24N4O2. The van der Waals surface area contributed by atoms with Crippen LogP contribution in [0.2, 0.25) is 0 Å². The van der Waals surface area contributed by atoms with Crippen molar-refractivity contribution in [2.24, 2.45) is 5.92 Å². The molecule has 0 unspecified atom stereocenters. The van der Waals surface area contributed by atoms with E-state index in [-0.39, 0.29) is 17.9 Å². The van der Waals surface area contributed by atoms with Crippen LogP contribution in [0.25, 0.3) is 0 Å². The first-order chi connectivity index (χ1) is 11.2. The van der Waals surface area contributed by atoms with E-state index in [1.807, 2.05) is 11.0 Å². The maximum absolute atomic E-state index is 12.5. The Bertz CT molecular complexity index is 535. The van der Waals surface area contributed by atoms with E-state index in [0.717, 1.165) is 12.8 Å². The molecule has 23 heavy (non-hydrogen) atoms. The largest absolute Gasteiger partial charge is 0.339 e. The molecule has 124 valence electrons. The monoisotopic (exact) mass is 316 g/mol. The average molecular weight is 316 g/mol. The van der Waals surface area contributed by atoms with Gasteiger partial charge >= 0.3 is 6.03 Å². The molecule has 0 atom stereocenters. The van der Waals surface area contributed by atoms with Gasteiger partial charge in [0.1, 0.15) is 0 Å². The van der Waals surface area contributed by atoms with Crippen LogP contribution in [0.5, 0.6) is 0 Å². The molecule has 0 aromatic carbocycles. The van der Waals surface area contributed by atoms with Crippen LogP contribution in [-0.2, 0) is 4.79 Å².